The molecule has 0 saturated carbocycles. The number of benzene rings is 1. The second kappa shape index (κ2) is 6.70. The van der Waals surface area contributed by atoms with Gasteiger partial charge in [-0.1, -0.05) is 0 Å². The van der Waals surface area contributed by atoms with Crippen molar-refractivity contribution in [2.45, 2.75) is 37.4 Å². The van der Waals surface area contributed by atoms with Crippen LogP contribution in [0.3, 0.4) is 0 Å². The monoisotopic (exact) mass is 314 g/mol. The minimum atomic E-state index is -1.33. The van der Waals surface area contributed by atoms with E-state index in [9.17, 15) is 15.3 Å². The van der Waals surface area contributed by atoms with Gasteiger partial charge in [0.05, 0.1) is 33.0 Å². The highest BCUT2D eigenvalue weighted by Crippen LogP contribution is 2.44. The van der Waals surface area contributed by atoms with Crippen LogP contribution in [-0.4, -0.2) is 61.1 Å². The zero-order chi connectivity index (χ0) is 16.4. The molecule has 124 valence electrons. The summed E-state index contributed by atoms with van der Waals surface area (Å²) in [7, 11) is 4.46. The standard InChI is InChI=1S/C15H22O7/c1-7-12(16)13(17)14(18)15(22-7)11-9(20-3)5-8(19-2)6-10(11)21-4/h5-7,12-18H,1-4H3/t7-,12+,13+,14-,15+/m1/s1. The number of ether oxygens (including phenoxy) is 4. The van der Waals surface area contributed by atoms with Crippen molar-refractivity contribution in [3.63, 3.8) is 0 Å². The number of rotatable bonds is 4. The number of aliphatic hydroxyl groups excluding tert-OH is 3. The maximum absolute atomic E-state index is 10.3. The van der Waals surface area contributed by atoms with Gasteiger partial charge in [0.1, 0.15) is 41.7 Å². The third-order valence-corrected chi connectivity index (χ3v) is 3.89. The fraction of sp³-hybridized carbons (Fsp3) is 0.600. The van der Waals surface area contributed by atoms with Gasteiger partial charge in [-0.3, -0.25) is 0 Å². The maximum Gasteiger partial charge on any atom is 0.132 e. The lowest BCUT2D eigenvalue weighted by Gasteiger charge is -2.40. The van der Waals surface area contributed by atoms with Gasteiger partial charge in [-0.25, -0.2) is 0 Å². The summed E-state index contributed by atoms with van der Waals surface area (Å²) in [5.41, 5.74) is 0.455. The topological polar surface area (TPSA) is 97.6 Å². The summed E-state index contributed by atoms with van der Waals surface area (Å²) in [5, 5.41) is 30.1. The van der Waals surface area contributed by atoms with Crippen LogP contribution in [0.5, 0.6) is 17.2 Å². The van der Waals surface area contributed by atoms with Crippen LogP contribution in [0.1, 0.15) is 18.6 Å². The van der Waals surface area contributed by atoms with Gasteiger partial charge >= 0.3 is 0 Å². The number of aliphatic hydroxyl groups is 3. The van der Waals surface area contributed by atoms with E-state index in [0.29, 0.717) is 22.8 Å². The average molecular weight is 314 g/mol. The van der Waals surface area contributed by atoms with Gasteiger partial charge in [0.2, 0.25) is 0 Å². The molecule has 1 heterocycles. The Morgan fingerprint density at radius 2 is 1.41 bits per heavy atom. The predicted octanol–water partition coefficient (Wildman–Crippen LogP) is 0.255. The molecule has 0 bridgehead atoms. The van der Waals surface area contributed by atoms with Crippen molar-refractivity contribution >= 4 is 0 Å². The Bertz CT molecular complexity index is 494. The summed E-state index contributed by atoms with van der Waals surface area (Å²) in [6.07, 6.45) is -5.36. The fourth-order valence-corrected chi connectivity index (χ4v) is 2.60. The third kappa shape index (κ3) is 2.85. The van der Waals surface area contributed by atoms with Gasteiger partial charge in [-0.15, -0.1) is 0 Å². The molecule has 0 aliphatic carbocycles. The molecule has 1 aliphatic rings. The zero-order valence-corrected chi connectivity index (χ0v) is 13.0. The van der Waals surface area contributed by atoms with Crippen molar-refractivity contribution in [3.8, 4) is 17.2 Å². The van der Waals surface area contributed by atoms with Crippen LogP contribution in [0.2, 0.25) is 0 Å². The molecule has 1 saturated heterocycles. The van der Waals surface area contributed by atoms with E-state index in [-0.39, 0.29) is 0 Å². The van der Waals surface area contributed by atoms with E-state index in [1.807, 2.05) is 0 Å². The van der Waals surface area contributed by atoms with Crippen LogP contribution in [-0.2, 0) is 4.74 Å². The summed E-state index contributed by atoms with van der Waals surface area (Å²) in [5.74, 6) is 1.32. The van der Waals surface area contributed by atoms with Crippen LogP contribution < -0.4 is 14.2 Å². The highest BCUT2D eigenvalue weighted by molar-refractivity contribution is 5.52. The second-order valence-electron chi connectivity index (χ2n) is 5.18. The molecule has 1 aliphatic heterocycles. The van der Waals surface area contributed by atoms with Crippen LogP contribution in [0.15, 0.2) is 12.1 Å². The number of hydrogen-bond donors (Lipinski definition) is 3. The lowest BCUT2D eigenvalue weighted by atomic mass is 9.90. The Kier molecular flexibility index (Phi) is 5.12. The highest BCUT2D eigenvalue weighted by Gasteiger charge is 2.44. The van der Waals surface area contributed by atoms with Gasteiger partial charge in [-0.2, -0.15) is 0 Å². The van der Waals surface area contributed by atoms with Crippen molar-refractivity contribution in [2.75, 3.05) is 21.3 Å². The van der Waals surface area contributed by atoms with Crippen molar-refractivity contribution in [2.24, 2.45) is 0 Å². The Balaban J connectivity index is 2.50. The van der Waals surface area contributed by atoms with Gasteiger partial charge < -0.3 is 34.3 Å². The van der Waals surface area contributed by atoms with E-state index in [2.05, 4.69) is 0 Å². The van der Waals surface area contributed by atoms with Crippen molar-refractivity contribution in [1.29, 1.82) is 0 Å². The number of hydrogen-bond acceptors (Lipinski definition) is 7. The van der Waals surface area contributed by atoms with Crippen molar-refractivity contribution in [3.05, 3.63) is 17.7 Å². The molecule has 22 heavy (non-hydrogen) atoms. The summed E-state index contributed by atoms with van der Waals surface area (Å²) in [4.78, 5) is 0. The first kappa shape index (κ1) is 16.8. The molecule has 1 aromatic rings. The Labute approximate surface area is 129 Å². The zero-order valence-electron chi connectivity index (χ0n) is 13.0. The molecule has 0 radical (unpaired) electrons. The van der Waals surface area contributed by atoms with E-state index in [1.54, 1.807) is 19.1 Å². The van der Waals surface area contributed by atoms with E-state index in [4.69, 9.17) is 18.9 Å². The molecule has 0 amide bonds. The summed E-state index contributed by atoms with van der Waals surface area (Å²) in [6, 6.07) is 3.27. The molecule has 7 nitrogen and oxygen atoms in total. The first-order valence-electron chi connectivity index (χ1n) is 6.94. The van der Waals surface area contributed by atoms with E-state index < -0.39 is 30.5 Å². The fourth-order valence-electron chi connectivity index (χ4n) is 2.60. The average Bonchev–Trinajstić information content (AvgIpc) is 2.54. The van der Waals surface area contributed by atoms with E-state index in [1.165, 1.54) is 21.3 Å². The summed E-state index contributed by atoms with van der Waals surface area (Å²) in [6.45, 7) is 1.62. The quantitative estimate of drug-likeness (QED) is 0.733. The van der Waals surface area contributed by atoms with Gasteiger partial charge in [-0.05, 0) is 6.92 Å². The van der Waals surface area contributed by atoms with Crippen LogP contribution in [0.4, 0.5) is 0 Å². The molecule has 0 unspecified atom stereocenters. The minimum absolute atomic E-state index is 0.399. The SMILES string of the molecule is COc1cc(OC)c([C@@H]2O[C@H](C)[C@H](O)[C@H](O)[C@H]2O)c(OC)c1. The molecule has 5 atom stereocenters. The van der Waals surface area contributed by atoms with Gasteiger partial charge in [0.25, 0.3) is 0 Å². The molecule has 0 aromatic heterocycles. The van der Waals surface area contributed by atoms with Gasteiger partial charge in [0.15, 0.2) is 0 Å². The molecule has 1 aromatic carbocycles. The Hall–Kier alpha value is -1.54. The van der Waals surface area contributed by atoms with Crippen LogP contribution in [0, 0.1) is 0 Å². The Morgan fingerprint density at radius 1 is 0.864 bits per heavy atom. The maximum atomic E-state index is 10.3. The van der Waals surface area contributed by atoms with Crippen molar-refractivity contribution < 1.29 is 34.3 Å². The van der Waals surface area contributed by atoms with Crippen LogP contribution >= 0.6 is 0 Å². The number of methoxy groups -OCH3 is 3. The lowest BCUT2D eigenvalue weighted by molar-refractivity contribution is -0.220. The molecule has 0 spiro atoms. The van der Waals surface area contributed by atoms with E-state index >= 15 is 0 Å². The normalized spacial score (nSPS) is 31.7. The molecule has 2 rings (SSSR count). The summed E-state index contributed by atoms with van der Waals surface area (Å²) >= 11 is 0. The van der Waals surface area contributed by atoms with Crippen LogP contribution in [0.25, 0.3) is 0 Å². The predicted molar refractivity (Wildman–Crippen MR) is 77.4 cm³/mol. The first-order chi connectivity index (χ1) is 10.4. The molecule has 3 N–H and O–H groups in total. The smallest absolute Gasteiger partial charge is 0.132 e. The first-order valence-corrected chi connectivity index (χ1v) is 6.94. The largest absolute Gasteiger partial charge is 0.496 e. The molecule has 1 fully saturated rings. The van der Waals surface area contributed by atoms with Gasteiger partial charge in [0, 0.05) is 12.1 Å². The Morgan fingerprint density at radius 3 is 1.86 bits per heavy atom. The third-order valence-electron chi connectivity index (χ3n) is 3.89. The van der Waals surface area contributed by atoms with Crippen molar-refractivity contribution in [1.82, 2.24) is 0 Å². The molecule has 7 heteroatoms. The second-order valence-corrected chi connectivity index (χ2v) is 5.18. The molecular weight excluding hydrogens is 292 g/mol. The summed E-state index contributed by atoms with van der Waals surface area (Å²) < 4.78 is 21.5. The van der Waals surface area contributed by atoms with E-state index in [0.717, 1.165) is 0 Å². The highest BCUT2D eigenvalue weighted by atomic mass is 16.5. The molecular formula is C15H22O7. The lowest BCUT2D eigenvalue weighted by Crippen LogP contribution is -2.53. The minimum Gasteiger partial charge on any atom is -0.496 e.